The molecule has 30 heavy (non-hydrogen) atoms. The van der Waals surface area contributed by atoms with Crippen LogP contribution in [0.2, 0.25) is 0 Å². The van der Waals surface area contributed by atoms with E-state index < -0.39 is 0 Å². The molecule has 0 aliphatic carbocycles. The standard InChI is InChI=1S/C23H24N6O/c1-16-15-17(2)27-23(26-16)28-22-21(24-12-13-25-22)19-9-6-14-29(19)20(30)11-10-18-7-4-3-5-8-18/h3-5,7-8,10-13,15,19H,6,9,14H2,1-2H3,(H,25,26,27,28)/b11-10+/t19-/m1/s1. The molecule has 0 radical (unpaired) electrons. The van der Waals surface area contributed by atoms with Crippen LogP contribution < -0.4 is 5.32 Å². The van der Waals surface area contributed by atoms with Gasteiger partial charge in [0.1, 0.15) is 5.69 Å². The Hall–Kier alpha value is -3.61. The van der Waals surface area contributed by atoms with E-state index in [1.54, 1.807) is 18.5 Å². The third kappa shape index (κ3) is 4.51. The van der Waals surface area contributed by atoms with Crippen molar-refractivity contribution in [2.24, 2.45) is 0 Å². The van der Waals surface area contributed by atoms with Gasteiger partial charge in [-0.05, 0) is 44.4 Å². The van der Waals surface area contributed by atoms with E-state index in [2.05, 4.69) is 25.3 Å². The number of benzene rings is 1. The van der Waals surface area contributed by atoms with Gasteiger partial charge in [0.2, 0.25) is 11.9 Å². The molecule has 1 fully saturated rings. The van der Waals surface area contributed by atoms with E-state index in [1.165, 1.54) is 0 Å². The Labute approximate surface area is 175 Å². The number of anilines is 2. The number of hydrogen-bond donors (Lipinski definition) is 1. The van der Waals surface area contributed by atoms with Crippen LogP contribution in [0.5, 0.6) is 0 Å². The monoisotopic (exact) mass is 400 g/mol. The minimum atomic E-state index is -0.139. The van der Waals surface area contributed by atoms with Crippen molar-refractivity contribution in [2.45, 2.75) is 32.7 Å². The Morgan fingerprint density at radius 3 is 2.60 bits per heavy atom. The van der Waals surface area contributed by atoms with Crippen molar-refractivity contribution >= 4 is 23.7 Å². The first-order valence-corrected chi connectivity index (χ1v) is 10.0. The van der Waals surface area contributed by atoms with Crippen LogP contribution in [-0.4, -0.2) is 37.3 Å². The van der Waals surface area contributed by atoms with Gasteiger partial charge in [-0.25, -0.2) is 15.0 Å². The van der Waals surface area contributed by atoms with Gasteiger partial charge in [-0.1, -0.05) is 30.3 Å². The molecule has 7 heteroatoms. The maximum atomic E-state index is 12.9. The fourth-order valence-corrected chi connectivity index (χ4v) is 3.72. The van der Waals surface area contributed by atoms with Gasteiger partial charge in [-0.15, -0.1) is 0 Å². The zero-order valence-electron chi connectivity index (χ0n) is 17.1. The topological polar surface area (TPSA) is 83.9 Å². The van der Waals surface area contributed by atoms with E-state index in [-0.39, 0.29) is 11.9 Å². The molecular weight excluding hydrogens is 376 g/mol. The Morgan fingerprint density at radius 1 is 1.10 bits per heavy atom. The van der Waals surface area contributed by atoms with Crippen molar-refractivity contribution in [3.05, 3.63) is 77.5 Å². The lowest BCUT2D eigenvalue weighted by molar-refractivity contribution is -0.126. The number of rotatable bonds is 5. The maximum Gasteiger partial charge on any atom is 0.247 e. The van der Waals surface area contributed by atoms with Crippen LogP contribution in [-0.2, 0) is 4.79 Å². The summed E-state index contributed by atoms with van der Waals surface area (Å²) in [4.78, 5) is 32.6. The summed E-state index contributed by atoms with van der Waals surface area (Å²) < 4.78 is 0. The Kier molecular flexibility index (Phi) is 5.79. The molecule has 1 aromatic carbocycles. The predicted molar refractivity (Wildman–Crippen MR) is 116 cm³/mol. The molecule has 3 heterocycles. The van der Waals surface area contributed by atoms with Gasteiger partial charge in [-0.2, -0.15) is 0 Å². The normalized spacial score (nSPS) is 16.2. The average Bonchev–Trinajstić information content (AvgIpc) is 3.22. The second-order valence-corrected chi connectivity index (χ2v) is 7.32. The summed E-state index contributed by atoms with van der Waals surface area (Å²) in [6.07, 6.45) is 8.52. The molecule has 3 aromatic rings. The minimum Gasteiger partial charge on any atom is -0.330 e. The van der Waals surface area contributed by atoms with Gasteiger partial charge >= 0.3 is 0 Å². The van der Waals surface area contributed by atoms with Crippen LogP contribution in [0, 0.1) is 13.8 Å². The third-order valence-electron chi connectivity index (χ3n) is 5.01. The predicted octanol–water partition coefficient (Wildman–Crippen LogP) is 4.00. The molecule has 1 N–H and O–H groups in total. The summed E-state index contributed by atoms with van der Waals surface area (Å²) in [5.74, 6) is 1.04. The lowest BCUT2D eigenvalue weighted by Crippen LogP contribution is -2.30. The van der Waals surface area contributed by atoms with E-state index in [9.17, 15) is 4.79 Å². The number of carbonyl (C=O) groups is 1. The number of likely N-dealkylation sites (tertiary alicyclic amines) is 1. The van der Waals surface area contributed by atoms with Crippen LogP contribution >= 0.6 is 0 Å². The van der Waals surface area contributed by atoms with E-state index in [4.69, 9.17) is 0 Å². The first-order valence-electron chi connectivity index (χ1n) is 10.0. The van der Waals surface area contributed by atoms with Gasteiger partial charge in [-0.3, -0.25) is 9.78 Å². The van der Waals surface area contributed by atoms with Crippen molar-refractivity contribution in [3.63, 3.8) is 0 Å². The summed E-state index contributed by atoms with van der Waals surface area (Å²) in [5, 5.41) is 3.20. The number of aryl methyl sites for hydroxylation is 2. The van der Waals surface area contributed by atoms with E-state index >= 15 is 0 Å². The van der Waals surface area contributed by atoms with Crippen molar-refractivity contribution in [2.75, 3.05) is 11.9 Å². The van der Waals surface area contributed by atoms with Crippen LogP contribution in [0.1, 0.15) is 41.5 Å². The van der Waals surface area contributed by atoms with Gasteiger partial charge in [0.05, 0.1) is 6.04 Å². The van der Waals surface area contributed by atoms with Crippen LogP contribution in [0.3, 0.4) is 0 Å². The van der Waals surface area contributed by atoms with Crippen LogP contribution in [0.15, 0.2) is 54.9 Å². The number of amides is 1. The van der Waals surface area contributed by atoms with E-state index in [1.807, 2.05) is 61.2 Å². The molecule has 0 bridgehead atoms. The summed E-state index contributed by atoms with van der Waals surface area (Å²) >= 11 is 0. The van der Waals surface area contributed by atoms with Crippen molar-refractivity contribution in [3.8, 4) is 0 Å². The molecule has 1 aliphatic heterocycles. The first-order chi connectivity index (χ1) is 14.6. The second-order valence-electron chi connectivity index (χ2n) is 7.32. The lowest BCUT2D eigenvalue weighted by Gasteiger charge is -2.24. The molecule has 1 atom stereocenters. The fourth-order valence-electron chi connectivity index (χ4n) is 3.72. The number of aromatic nitrogens is 4. The summed E-state index contributed by atoms with van der Waals surface area (Å²) in [5.41, 5.74) is 3.48. The summed E-state index contributed by atoms with van der Waals surface area (Å²) in [6, 6.07) is 11.6. The summed E-state index contributed by atoms with van der Waals surface area (Å²) in [6.45, 7) is 4.54. The molecule has 1 amide bonds. The SMILES string of the molecule is Cc1cc(C)nc(Nc2nccnc2[C@H]2CCCN2C(=O)/C=C/c2ccccc2)n1. The van der Waals surface area contributed by atoms with E-state index in [0.29, 0.717) is 18.3 Å². The highest BCUT2D eigenvalue weighted by Gasteiger charge is 2.32. The van der Waals surface area contributed by atoms with Crippen molar-refractivity contribution in [1.82, 2.24) is 24.8 Å². The van der Waals surface area contributed by atoms with Gasteiger partial charge in [0.15, 0.2) is 5.82 Å². The molecule has 1 aliphatic rings. The molecule has 0 unspecified atom stereocenters. The maximum absolute atomic E-state index is 12.9. The molecular formula is C23H24N6O. The highest BCUT2D eigenvalue weighted by atomic mass is 16.2. The highest BCUT2D eigenvalue weighted by Crippen LogP contribution is 2.34. The molecule has 0 saturated carbocycles. The van der Waals surface area contributed by atoms with Gasteiger partial charge in [0, 0.05) is 36.4 Å². The van der Waals surface area contributed by atoms with Crippen molar-refractivity contribution in [1.29, 1.82) is 0 Å². The zero-order chi connectivity index (χ0) is 20.9. The Bertz CT molecular complexity index is 1050. The van der Waals surface area contributed by atoms with Gasteiger partial charge < -0.3 is 10.2 Å². The van der Waals surface area contributed by atoms with Gasteiger partial charge in [0.25, 0.3) is 0 Å². The highest BCUT2D eigenvalue weighted by molar-refractivity contribution is 5.92. The number of carbonyl (C=O) groups excluding carboxylic acids is 1. The Balaban J connectivity index is 1.57. The molecule has 0 spiro atoms. The van der Waals surface area contributed by atoms with Crippen molar-refractivity contribution < 1.29 is 4.79 Å². The summed E-state index contributed by atoms with van der Waals surface area (Å²) in [7, 11) is 0. The number of nitrogens with one attached hydrogen (secondary N) is 1. The number of hydrogen-bond acceptors (Lipinski definition) is 6. The van der Waals surface area contributed by atoms with Crippen LogP contribution in [0.4, 0.5) is 11.8 Å². The molecule has 4 rings (SSSR count). The number of nitrogens with zero attached hydrogens (tertiary/aromatic N) is 5. The smallest absolute Gasteiger partial charge is 0.247 e. The molecule has 2 aromatic heterocycles. The molecule has 152 valence electrons. The molecule has 7 nitrogen and oxygen atoms in total. The lowest BCUT2D eigenvalue weighted by atomic mass is 10.1. The second kappa shape index (κ2) is 8.82. The fraction of sp³-hybridized carbons (Fsp3) is 0.261. The Morgan fingerprint density at radius 2 is 1.83 bits per heavy atom. The van der Waals surface area contributed by atoms with Crippen LogP contribution in [0.25, 0.3) is 6.08 Å². The first kappa shape index (κ1) is 19.7. The largest absolute Gasteiger partial charge is 0.330 e. The van der Waals surface area contributed by atoms with E-state index in [0.717, 1.165) is 35.5 Å². The minimum absolute atomic E-state index is 0.0272. The zero-order valence-corrected chi connectivity index (χ0v) is 17.1. The average molecular weight is 400 g/mol. The third-order valence-corrected chi connectivity index (χ3v) is 5.01. The molecule has 1 saturated heterocycles. The quantitative estimate of drug-likeness (QED) is 0.652.